The maximum atomic E-state index is 12.2. The summed E-state index contributed by atoms with van der Waals surface area (Å²) in [5.41, 5.74) is 4.28. The minimum atomic E-state index is -0.250. The monoisotopic (exact) mass is 458 g/mol. The van der Waals surface area contributed by atoms with Crippen LogP contribution in [0.15, 0.2) is 82.8 Å². The Balaban J connectivity index is 1.47. The van der Waals surface area contributed by atoms with Crippen LogP contribution in [0.3, 0.4) is 0 Å². The predicted molar refractivity (Wildman–Crippen MR) is 125 cm³/mol. The largest absolute Gasteiger partial charge is 0.489 e. The van der Waals surface area contributed by atoms with Crippen molar-refractivity contribution in [1.29, 1.82) is 0 Å². The molecule has 3 rings (SSSR count). The van der Waals surface area contributed by atoms with Gasteiger partial charge in [0.05, 0.1) is 11.5 Å². The number of hydrogen-bond donors (Lipinski definition) is 1. The maximum absolute atomic E-state index is 12.2. The molecule has 154 valence electrons. The number of carbonyl (C=O) groups excluding carboxylic acids is 1. The van der Waals surface area contributed by atoms with Crippen molar-refractivity contribution in [2.24, 2.45) is 5.10 Å². The number of halogens is 2. The van der Waals surface area contributed by atoms with Gasteiger partial charge in [-0.3, -0.25) is 4.79 Å². The van der Waals surface area contributed by atoms with Gasteiger partial charge in [0.15, 0.2) is 0 Å². The van der Waals surface area contributed by atoms with Gasteiger partial charge in [0.2, 0.25) is 0 Å². The molecule has 30 heavy (non-hydrogen) atoms. The van der Waals surface area contributed by atoms with Crippen LogP contribution in [0.25, 0.3) is 0 Å². The normalized spacial score (nSPS) is 12.0. The maximum Gasteiger partial charge on any atom is 0.253 e. The molecule has 0 spiro atoms. The lowest BCUT2D eigenvalue weighted by molar-refractivity contribution is -0.120. The second kappa shape index (κ2) is 11.1. The molecular weight excluding hydrogens is 439 g/mol. The highest BCUT2D eigenvalue weighted by Crippen LogP contribution is 2.23. The van der Waals surface area contributed by atoms with E-state index in [1.54, 1.807) is 18.3 Å². The Morgan fingerprint density at radius 1 is 1.10 bits per heavy atom. The molecule has 0 saturated heterocycles. The van der Waals surface area contributed by atoms with E-state index in [1.165, 1.54) is 11.8 Å². The molecule has 0 aliphatic carbocycles. The quantitative estimate of drug-likeness (QED) is 0.248. The molecule has 0 heterocycles. The molecule has 7 heteroatoms. The fourth-order valence-corrected chi connectivity index (χ4v) is 3.81. The van der Waals surface area contributed by atoms with E-state index in [2.05, 4.69) is 10.5 Å². The predicted octanol–water partition coefficient (Wildman–Crippen LogP) is 6.20. The summed E-state index contributed by atoms with van der Waals surface area (Å²) in [5, 5.41) is 4.95. The molecule has 4 nitrogen and oxygen atoms in total. The minimum absolute atomic E-state index is 0.153. The Bertz CT molecular complexity index is 1010. The molecule has 0 aromatic heterocycles. The van der Waals surface area contributed by atoms with Gasteiger partial charge in [-0.25, -0.2) is 5.43 Å². The highest BCUT2D eigenvalue weighted by atomic mass is 35.5. The van der Waals surface area contributed by atoms with E-state index in [1.807, 2.05) is 67.6 Å². The van der Waals surface area contributed by atoms with Crippen molar-refractivity contribution in [3.63, 3.8) is 0 Å². The second-order valence-corrected chi connectivity index (χ2v) is 8.66. The first-order valence-electron chi connectivity index (χ1n) is 9.22. The summed E-state index contributed by atoms with van der Waals surface area (Å²) in [4.78, 5) is 13.2. The molecule has 3 aromatic carbocycles. The summed E-state index contributed by atoms with van der Waals surface area (Å²) in [7, 11) is 0. The van der Waals surface area contributed by atoms with Gasteiger partial charge in [0.1, 0.15) is 12.4 Å². The van der Waals surface area contributed by atoms with Crippen molar-refractivity contribution in [3.8, 4) is 5.75 Å². The molecule has 1 atom stereocenters. The van der Waals surface area contributed by atoms with Crippen molar-refractivity contribution in [2.45, 2.75) is 23.7 Å². The average Bonchev–Trinajstić information content (AvgIpc) is 2.74. The smallest absolute Gasteiger partial charge is 0.253 e. The molecule has 0 radical (unpaired) electrons. The number of amides is 1. The van der Waals surface area contributed by atoms with Crippen LogP contribution < -0.4 is 10.2 Å². The van der Waals surface area contributed by atoms with Crippen molar-refractivity contribution in [1.82, 2.24) is 5.43 Å². The lowest BCUT2D eigenvalue weighted by atomic mass is 10.2. The number of hydrazone groups is 1. The third kappa shape index (κ3) is 6.80. The molecule has 0 aliphatic heterocycles. The molecule has 0 fully saturated rings. The Kier molecular flexibility index (Phi) is 8.20. The SMILES string of the molecule is C[C@H](Sc1ccccc1)C(=O)N/N=C\c1ccc(OCc2ccc(Cl)cc2Cl)cc1. The Morgan fingerprint density at radius 2 is 1.83 bits per heavy atom. The molecule has 0 unspecified atom stereocenters. The minimum Gasteiger partial charge on any atom is -0.489 e. The Labute approximate surface area is 190 Å². The number of nitrogens with one attached hydrogen (secondary N) is 1. The number of nitrogens with zero attached hydrogens (tertiary/aromatic N) is 1. The highest BCUT2D eigenvalue weighted by Gasteiger charge is 2.13. The molecule has 0 bridgehead atoms. The number of ether oxygens (including phenoxy) is 1. The van der Waals surface area contributed by atoms with Gasteiger partial charge in [-0.1, -0.05) is 47.5 Å². The van der Waals surface area contributed by atoms with Crippen molar-refractivity contribution < 1.29 is 9.53 Å². The van der Waals surface area contributed by atoms with Crippen LogP contribution in [0, 0.1) is 0 Å². The van der Waals surface area contributed by atoms with Crippen LogP contribution in [0.2, 0.25) is 10.0 Å². The highest BCUT2D eigenvalue weighted by molar-refractivity contribution is 8.00. The number of thioether (sulfide) groups is 1. The van der Waals surface area contributed by atoms with Crippen LogP contribution in [0.1, 0.15) is 18.1 Å². The fourth-order valence-electron chi connectivity index (χ4n) is 2.47. The zero-order valence-electron chi connectivity index (χ0n) is 16.2. The van der Waals surface area contributed by atoms with Gasteiger partial charge in [-0.05, 0) is 61.0 Å². The zero-order chi connectivity index (χ0) is 21.3. The lowest BCUT2D eigenvalue weighted by Crippen LogP contribution is -2.26. The molecule has 1 N–H and O–H groups in total. The standard InChI is InChI=1S/C23H20Cl2N2O2S/c1-16(30-21-5-3-2-4-6-21)23(28)27-26-14-17-7-11-20(12-8-17)29-15-18-9-10-19(24)13-22(18)25/h2-14,16H,15H2,1H3,(H,27,28)/b26-14-/t16-/m0/s1. The molecular formula is C23H20Cl2N2O2S. The summed E-state index contributed by atoms with van der Waals surface area (Å²) < 4.78 is 5.75. The fraction of sp³-hybridized carbons (Fsp3) is 0.130. The molecule has 0 aliphatic rings. The first kappa shape index (κ1) is 22.2. The number of carbonyl (C=O) groups is 1. The Morgan fingerprint density at radius 3 is 2.53 bits per heavy atom. The Hall–Kier alpha value is -2.47. The summed E-state index contributed by atoms with van der Waals surface area (Å²) in [6.45, 7) is 2.19. The van der Waals surface area contributed by atoms with Crippen molar-refractivity contribution in [3.05, 3.63) is 94.0 Å². The summed E-state index contributed by atoms with van der Waals surface area (Å²) in [5.74, 6) is 0.551. The average molecular weight is 459 g/mol. The van der Waals surface area contributed by atoms with Crippen molar-refractivity contribution >= 4 is 47.1 Å². The summed E-state index contributed by atoms with van der Waals surface area (Å²) in [6.07, 6.45) is 1.59. The van der Waals surface area contributed by atoms with Gasteiger partial charge in [0, 0.05) is 20.5 Å². The van der Waals surface area contributed by atoms with Gasteiger partial charge < -0.3 is 4.74 Å². The van der Waals surface area contributed by atoms with Crippen molar-refractivity contribution in [2.75, 3.05) is 0 Å². The van der Waals surface area contributed by atoms with E-state index in [-0.39, 0.29) is 11.2 Å². The first-order chi connectivity index (χ1) is 14.5. The van der Waals surface area contributed by atoms with Crippen LogP contribution in [0.5, 0.6) is 5.75 Å². The van der Waals surface area contributed by atoms with E-state index in [0.29, 0.717) is 22.4 Å². The summed E-state index contributed by atoms with van der Waals surface area (Å²) >= 11 is 13.5. The van der Waals surface area contributed by atoms with Crippen LogP contribution in [-0.4, -0.2) is 17.4 Å². The topological polar surface area (TPSA) is 50.7 Å². The van der Waals surface area contributed by atoms with Gasteiger partial charge in [-0.2, -0.15) is 5.10 Å². The van der Waals surface area contributed by atoms with Crippen LogP contribution >= 0.6 is 35.0 Å². The van der Waals surface area contributed by atoms with E-state index in [9.17, 15) is 4.79 Å². The molecule has 3 aromatic rings. The third-order valence-electron chi connectivity index (χ3n) is 4.10. The van der Waals surface area contributed by atoms with E-state index < -0.39 is 0 Å². The van der Waals surface area contributed by atoms with Crippen LogP contribution in [-0.2, 0) is 11.4 Å². The molecule has 0 saturated carbocycles. The van der Waals surface area contributed by atoms with Gasteiger partial charge in [0.25, 0.3) is 5.91 Å². The number of hydrogen-bond acceptors (Lipinski definition) is 4. The first-order valence-corrected chi connectivity index (χ1v) is 10.9. The van der Waals surface area contributed by atoms with Gasteiger partial charge >= 0.3 is 0 Å². The second-order valence-electron chi connectivity index (χ2n) is 6.40. The summed E-state index contributed by atoms with van der Waals surface area (Å²) in [6, 6.07) is 22.5. The van der Waals surface area contributed by atoms with E-state index in [0.717, 1.165) is 16.0 Å². The third-order valence-corrected chi connectivity index (χ3v) is 5.80. The van der Waals surface area contributed by atoms with Crippen LogP contribution in [0.4, 0.5) is 0 Å². The van der Waals surface area contributed by atoms with E-state index >= 15 is 0 Å². The van der Waals surface area contributed by atoms with E-state index in [4.69, 9.17) is 27.9 Å². The van der Waals surface area contributed by atoms with Gasteiger partial charge in [-0.15, -0.1) is 11.8 Å². The zero-order valence-corrected chi connectivity index (χ0v) is 18.5. The lowest BCUT2D eigenvalue weighted by Gasteiger charge is -2.09. The number of benzene rings is 3. The number of rotatable bonds is 8. The molecule has 1 amide bonds.